The van der Waals surface area contributed by atoms with E-state index in [2.05, 4.69) is 10.4 Å². The fourth-order valence-electron chi connectivity index (χ4n) is 1.82. The van der Waals surface area contributed by atoms with Crippen molar-refractivity contribution >= 4 is 5.91 Å². The summed E-state index contributed by atoms with van der Waals surface area (Å²) in [7, 11) is 0. The molecule has 16 heavy (non-hydrogen) atoms. The molecule has 0 spiro atoms. The molecule has 5 heteroatoms. The van der Waals surface area contributed by atoms with Crippen LogP contribution in [0.1, 0.15) is 29.8 Å². The summed E-state index contributed by atoms with van der Waals surface area (Å²) in [4.78, 5) is 11.6. The standard InChI is InChI=1S/C11H18N4O/c1-7-10(5-12)8(2)15(14-7)6-11(16)13-9-3-4-9/h9H,3-6,12H2,1-2H3,(H,13,16). The molecule has 1 aliphatic carbocycles. The number of hydrogen-bond acceptors (Lipinski definition) is 3. The van der Waals surface area contributed by atoms with Gasteiger partial charge in [0.25, 0.3) is 0 Å². The summed E-state index contributed by atoms with van der Waals surface area (Å²) in [6, 6.07) is 0.401. The molecule has 1 fully saturated rings. The van der Waals surface area contributed by atoms with Crippen molar-refractivity contribution in [3.05, 3.63) is 17.0 Å². The first-order valence-corrected chi connectivity index (χ1v) is 5.64. The highest BCUT2D eigenvalue weighted by Crippen LogP contribution is 2.18. The van der Waals surface area contributed by atoms with Crippen molar-refractivity contribution in [1.29, 1.82) is 0 Å². The van der Waals surface area contributed by atoms with Crippen LogP contribution in [0.25, 0.3) is 0 Å². The summed E-state index contributed by atoms with van der Waals surface area (Å²) in [5.74, 6) is 0.0386. The zero-order chi connectivity index (χ0) is 11.7. The third kappa shape index (κ3) is 2.24. The molecular formula is C11H18N4O. The highest BCUT2D eigenvalue weighted by molar-refractivity contribution is 5.76. The van der Waals surface area contributed by atoms with Gasteiger partial charge in [-0.2, -0.15) is 5.10 Å². The van der Waals surface area contributed by atoms with E-state index in [9.17, 15) is 4.79 Å². The van der Waals surface area contributed by atoms with Crippen molar-refractivity contribution in [2.75, 3.05) is 0 Å². The topological polar surface area (TPSA) is 72.9 Å². The molecule has 88 valence electrons. The molecule has 0 bridgehead atoms. The molecule has 1 aromatic heterocycles. The van der Waals surface area contributed by atoms with Crippen LogP contribution in [0.5, 0.6) is 0 Å². The Balaban J connectivity index is 2.05. The second-order valence-corrected chi connectivity index (χ2v) is 4.35. The number of nitrogens with one attached hydrogen (secondary N) is 1. The first kappa shape index (κ1) is 11.1. The fraction of sp³-hybridized carbons (Fsp3) is 0.636. The lowest BCUT2D eigenvalue weighted by atomic mass is 10.2. The maximum Gasteiger partial charge on any atom is 0.241 e. The molecule has 1 aliphatic rings. The Labute approximate surface area is 95.0 Å². The summed E-state index contributed by atoms with van der Waals surface area (Å²) in [6.07, 6.45) is 2.22. The van der Waals surface area contributed by atoms with Crippen molar-refractivity contribution in [2.24, 2.45) is 5.73 Å². The minimum absolute atomic E-state index is 0.0386. The molecule has 1 aromatic rings. The van der Waals surface area contributed by atoms with Crippen molar-refractivity contribution in [3.63, 3.8) is 0 Å². The van der Waals surface area contributed by atoms with E-state index in [1.165, 1.54) is 0 Å². The molecule has 1 amide bonds. The summed E-state index contributed by atoms with van der Waals surface area (Å²) in [5.41, 5.74) is 8.58. The number of carbonyl (C=O) groups is 1. The number of hydrogen-bond donors (Lipinski definition) is 2. The van der Waals surface area contributed by atoms with Gasteiger partial charge in [-0.15, -0.1) is 0 Å². The van der Waals surface area contributed by atoms with E-state index in [1.807, 2.05) is 13.8 Å². The van der Waals surface area contributed by atoms with Gasteiger partial charge in [-0.05, 0) is 26.7 Å². The number of nitrogens with zero attached hydrogens (tertiary/aromatic N) is 2. The van der Waals surface area contributed by atoms with Crippen molar-refractivity contribution in [1.82, 2.24) is 15.1 Å². The van der Waals surface area contributed by atoms with Crippen LogP contribution in [-0.2, 0) is 17.9 Å². The predicted octanol–water partition coefficient (Wildman–Crippen LogP) is 0.237. The summed E-state index contributed by atoms with van der Waals surface area (Å²) < 4.78 is 1.73. The van der Waals surface area contributed by atoms with E-state index in [0.717, 1.165) is 29.8 Å². The minimum Gasteiger partial charge on any atom is -0.352 e. The Kier molecular flexibility index (Phi) is 2.96. The quantitative estimate of drug-likeness (QED) is 0.766. The Morgan fingerprint density at radius 3 is 2.75 bits per heavy atom. The molecule has 1 saturated carbocycles. The molecule has 0 saturated heterocycles. The molecule has 0 unspecified atom stereocenters. The first-order valence-electron chi connectivity index (χ1n) is 5.64. The van der Waals surface area contributed by atoms with Crippen LogP contribution >= 0.6 is 0 Å². The zero-order valence-corrected chi connectivity index (χ0v) is 9.79. The number of amides is 1. The smallest absolute Gasteiger partial charge is 0.241 e. The molecular weight excluding hydrogens is 204 g/mol. The maximum atomic E-state index is 11.6. The van der Waals surface area contributed by atoms with Crippen molar-refractivity contribution < 1.29 is 4.79 Å². The van der Waals surface area contributed by atoms with Gasteiger partial charge in [-0.25, -0.2) is 0 Å². The fourth-order valence-corrected chi connectivity index (χ4v) is 1.82. The Morgan fingerprint density at radius 1 is 1.56 bits per heavy atom. The number of carbonyl (C=O) groups excluding carboxylic acids is 1. The lowest BCUT2D eigenvalue weighted by molar-refractivity contribution is -0.122. The van der Waals surface area contributed by atoms with Gasteiger partial charge >= 0.3 is 0 Å². The van der Waals surface area contributed by atoms with Crippen LogP contribution in [0, 0.1) is 13.8 Å². The molecule has 1 heterocycles. The van der Waals surface area contributed by atoms with E-state index >= 15 is 0 Å². The second-order valence-electron chi connectivity index (χ2n) is 4.35. The largest absolute Gasteiger partial charge is 0.352 e. The van der Waals surface area contributed by atoms with E-state index in [0.29, 0.717) is 19.1 Å². The average Bonchev–Trinajstić information content (AvgIpc) is 2.96. The third-order valence-corrected chi connectivity index (χ3v) is 2.97. The van der Waals surface area contributed by atoms with Gasteiger partial charge in [0.15, 0.2) is 0 Å². The lowest BCUT2D eigenvalue weighted by Gasteiger charge is -2.05. The van der Waals surface area contributed by atoms with E-state index in [1.54, 1.807) is 4.68 Å². The SMILES string of the molecule is Cc1nn(CC(=O)NC2CC2)c(C)c1CN. The number of aryl methyl sites for hydroxylation is 1. The number of aromatic nitrogens is 2. The zero-order valence-electron chi connectivity index (χ0n) is 9.79. The van der Waals surface area contributed by atoms with Gasteiger partial charge in [0.1, 0.15) is 6.54 Å². The van der Waals surface area contributed by atoms with Crippen LogP contribution in [0.2, 0.25) is 0 Å². The highest BCUT2D eigenvalue weighted by Gasteiger charge is 2.23. The normalized spacial score (nSPS) is 15.2. The van der Waals surface area contributed by atoms with Crippen LogP contribution in [0.3, 0.4) is 0 Å². The number of rotatable bonds is 4. The van der Waals surface area contributed by atoms with Crippen LogP contribution in [0.4, 0.5) is 0 Å². The van der Waals surface area contributed by atoms with Gasteiger partial charge in [0.05, 0.1) is 5.69 Å². The van der Waals surface area contributed by atoms with Gasteiger partial charge in [0, 0.05) is 23.8 Å². The third-order valence-electron chi connectivity index (χ3n) is 2.97. The summed E-state index contributed by atoms with van der Waals surface area (Å²) in [6.45, 7) is 4.64. The average molecular weight is 222 g/mol. The van der Waals surface area contributed by atoms with Gasteiger partial charge in [-0.1, -0.05) is 0 Å². The summed E-state index contributed by atoms with van der Waals surface area (Å²) in [5, 5.41) is 7.27. The highest BCUT2D eigenvalue weighted by atomic mass is 16.2. The first-order chi connectivity index (χ1) is 7.61. The van der Waals surface area contributed by atoms with Gasteiger partial charge < -0.3 is 11.1 Å². The minimum atomic E-state index is 0.0386. The second kappa shape index (κ2) is 4.25. The monoisotopic (exact) mass is 222 g/mol. The van der Waals surface area contributed by atoms with Crippen LogP contribution in [-0.4, -0.2) is 21.7 Å². The predicted molar refractivity (Wildman–Crippen MR) is 60.8 cm³/mol. The number of nitrogens with two attached hydrogens (primary N) is 1. The molecule has 3 N–H and O–H groups in total. The molecule has 0 atom stereocenters. The Bertz CT molecular complexity index is 406. The molecule has 0 radical (unpaired) electrons. The molecule has 0 aliphatic heterocycles. The Hall–Kier alpha value is -1.36. The van der Waals surface area contributed by atoms with Crippen LogP contribution in [0.15, 0.2) is 0 Å². The van der Waals surface area contributed by atoms with Crippen molar-refractivity contribution in [3.8, 4) is 0 Å². The van der Waals surface area contributed by atoms with Crippen LogP contribution < -0.4 is 11.1 Å². The molecule has 5 nitrogen and oxygen atoms in total. The van der Waals surface area contributed by atoms with E-state index in [4.69, 9.17) is 5.73 Å². The van der Waals surface area contributed by atoms with Gasteiger partial charge in [-0.3, -0.25) is 9.48 Å². The maximum absolute atomic E-state index is 11.6. The molecule has 2 rings (SSSR count). The lowest BCUT2D eigenvalue weighted by Crippen LogP contribution is -2.30. The molecule has 0 aromatic carbocycles. The summed E-state index contributed by atoms with van der Waals surface area (Å²) >= 11 is 0. The Morgan fingerprint density at radius 2 is 2.25 bits per heavy atom. The van der Waals surface area contributed by atoms with E-state index in [-0.39, 0.29) is 5.91 Å². The van der Waals surface area contributed by atoms with Crippen molar-refractivity contribution in [2.45, 2.75) is 45.8 Å². The van der Waals surface area contributed by atoms with Gasteiger partial charge in [0.2, 0.25) is 5.91 Å². The van der Waals surface area contributed by atoms with E-state index < -0.39 is 0 Å².